The van der Waals surface area contributed by atoms with Crippen LogP contribution in [0.5, 0.6) is 0 Å². The second kappa shape index (κ2) is 5.19. The van der Waals surface area contributed by atoms with E-state index in [1.165, 1.54) is 24.2 Å². The lowest BCUT2D eigenvalue weighted by molar-refractivity contribution is -0.0694. The summed E-state index contributed by atoms with van der Waals surface area (Å²) in [6, 6.07) is 0.146. The summed E-state index contributed by atoms with van der Waals surface area (Å²) >= 11 is 1.33. The fourth-order valence-electron chi connectivity index (χ4n) is 2.74. The normalized spacial score (nSPS) is 27.7. The summed E-state index contributed by atoms with van der Waals surface area (Å²) in [6.07, 6.45) is 4.69. The summed E-state index contributed by atoms with van der Waals surface area (Å²) in [5.41, 5.74) is 1.61. The van der Waals surface area contributed by atoms with Gasteiger partial charge in [-0.25, -0.2) is 4.79 Å². The first-order chi connectivity index (χ1) is 8.84. The third kappa shape index (κ3) is 2.32. The van der Waals surface area contributed by atoms with Crippen LogP contribution in [0.4, 0.5) is 9.93 Å². The van der Waals surface area contributed by atoms with E-state index in [0.717, 1.165) is 12.8 Å². The zero-order chi connectivity index (χ0) is 12.4. The van der Waals surface area contributed by atoms with Crippen LogP contribution in [0.15, 0.2) is 5.51 Å². The first-order valence-corrected chi connectivity index (χ1v) is 7.18. The van der Waals surface area contributed by atoms with Crippen LogP contribution in [-0.2, 0) is 4.74 Å². The summed E-state index contributed by atoms with van der Waals surface area (Å²) < 4.78 is 5.75. The third-order valence-corrected chi connectivity index (χ3v) is 4.17. The molecule has 2 aliphatic rings. The Kier molecular flexibility index (Phi) is 3.42. The van der Waals surface area contributed by atoms with Crippen LogP contribution >= 0.6 is 11.3 Å². The minimum absolute atomic E-state index is 0.0769. The molecule has 98 valence electrons. The fourth-order valence-corrected chi connectivity index (χ4v) is 3.17. The molecule has 2 heterocycles. The highest BCUT2D eigenvalue weighted by Crippen LogP contribution is 2.28. The van der Waals surface area contributed by atoms with Crippen LogP contribution in [-0.4, -0.2) is 46.4 Å². The van der Waals surface area contributed by atoms with Gasteiger partial charge in [-0.2, -0.15) is 0 Å². The molecule has 18 heavy (non-hydrogen) atoms. The van der Waals surface area contributed by atoms with E-state index in [2.05, 4.69) is 15.5 Å². The quantitative estimate of drug-likeness (QED) is 0.842. The molecule has 1 aliphatic heterocycles. The van der Waals surface area contributed by atoms with Gasteiger partial charge in [-0.3, -0.25) is 5.32 Å². The van der Waals surface area contributed by atoms with E-state index >= 15 is 0 Å². The molecule has 0 aromatic carbocycles. The van der Waals surface area contributed by atoms with E-state index in [1.54, 1.807) is 5.51 Å². The molecular formula is C11H16N4O2S. The number of morpholine rings is 1. The molecule has 1 aromatic heterocycles. The van der Waals surface area contributed by atoms with Gasteiger partial charge in [-0.15, -0.1) is 10.2 Å². The van der Waals surface area contributed by atoms with Gasteiger partial charge in [-0.05, 0) is 12.8 Å². The van der Waals surface area contributed by atoms with Crippen LogP contribution in [0.25, 0.3) is 0 Å². The first-order valence-electron chi connectivity index (χ1n) is 6.30. The fraction of sp³-hybridized carbons (Fsp3) is 0.727. The van der Waals surface area contributed by atoms with Crippen LogP contribution in [0, 0.1) is 0 Å². The Labute approximate surface area is 109 Å². The highest BCUT2D eigenvalue weighted by molar-refractivity contribution is 7.13. The SMILES string of the molecule is O=C(Nc1nncs1)N1CCO[C@@H]2CCCC[C@H]21. The van der Waals surface area contributed by atoms with Crippen LogP contribution in [0.1, 0.15) is 25.7 Å². The number of fused-ring (bicyclic) bond motifs is 1. The minimum atomic E-state index is -0.0769. The largest absolute Gasteiger partial charge is 0.374 e. The standard InChI is InChI=1S/C11H16N4O2S/c16-11(13-10-14-12-7-18-10)15-5-6-17-9-4-2-1-3-8(9)15/h7-9H,1-6H2,(H,13,14,16)/t8-,9-/m1/s1. The molecule has 0 radical (unpaired) electrons. The van der Waals surface area contributed by atoms with E-state index in [4.69, 9.17) is 4.74 Å². The third-order valence-electron chi connectivity index (χ3n) is 3.57. The summed E-state index contributed by atoms with van der Waals surface area (Å²) in [5.74, 6) is 0. The number of aromatic nitrogens is 2. The number of hydrogen-bond donors (Lipinski definition) is 1. The van der Waals surface area contributed by atoms with Gasteiger partial charge < -0.3 is 9.64 Å². The Hall–Kier alpha value is -1.21. The van der Waals surface area contributed by atoms with Crippen molar-refractivity contribution in [1.82, 2.24) is 15.1 Å². The number of hydrogen-bond acceptors (Lipinski definition) is 5. The molecule has 1 saturated heterocycles. The van der Waals surface area contributed by atoms with Crippen molar-refractivity contribution in [3.63, 3.8) is 0 Å². The van der Waals surface area contributed by atoms with Gasteiger partial charge in [0.1, 0.15) is 5.51 Å². The van der Waals surface area contributed by atoms with Crippen molar-refractivity contribution < 1.29 is 9.53 Å². The summed E-state index contributed by atoms with van der Waals surface area (Å²) in [7, 11) is 0. The van der Waals surface area contributed by atoms with E-state index in [-0.39, 0.29) is 18.2 Å². The lowest BCUT2D eigenvalue weighted by atomic mass is 9.90. The number of urea groups is 1. The minimum Gasteiger partial charge on any atom is -0.374 e. The second-order valence-corrected chi connectivity index (χ2v) is 5.46. The molecule has 0 unspecified atom stereocenters. The summed E-state index contributed by atoms with van der Waals surface area (Å²) in [5, 5.41) is 10.9. The van der Waals surface area contributed by atoms with Crippen molar-refractivity contribution >= 4 is 22.5 Å². The molecule has 6 nitrogen and oxygen atoms in total. The Morgan fingerprint density at radius 1 is 1.50 bits per heavy atom. The van der Waals surface area contributed by atoms with Gasteiger partial charge in [0.2, 0.25) is 5.13 Å². The number of nitrogens with one attached hydrogen (secondary N) is 1. The van der Waals surface area contributed by atoms with E-state index in [1.807, 2.05) is 4.90 Å². The number of carbonyl (C=O) groups is 1. The molecule has 7 heteroatoms. The highest BCUT2D eigenvalue weighted by Gasteiger charge is 2.36. The smallest absolute Gasteiger partial charge is 0.324 e. The van der Waals surface area contributed by atoms with Crippen molar-refractivity contribution in [2.75, 3.05) is 18.5 Å². The summed E-state index contributed by atoms with van der Waals surface area (Å²) in [4.78, 5) is 14.1. The monoisotopic (exact) mass is 268 g/mol. The molecule has 1 aromatic rings. The maximum Gasteiger partial charge on any atom is 0.324 e. The maximum absolute atomic E-state index is 12.2. The maximum atomic E-state index is 12.2. The van der Waals surface area contributed by atoms with Crippen molar-refractivity contribution in [3.05, 3.63) is 5.51 Å². The van der Waals surface area contributed by atoms with Gasteiger partial charge in [-0.1, -0.05) is 24.2 Å². The zero-order valence-electron chi connectivity index (χ0n) is 10.0. The summed E-state index contributed by atoms with van der Waals surface area (Å²) in [6.45, 7) is 1.29. The molecule has 1 N–H and O–H groups in total. The Morgan fingerprint density at radius 2 is 2.39 bits per heavy atom. The van der Waals surface area contributed by atoms with Crippen LogP contribution < -0.4 is 5.32 Å². The van der Waals surface area contributed by atoms with Gasteiger partial charge >= 0.3 is 6.03 Å². The van der Waals surface area contributed by atoms with Crippen LogP contribution in [0.3, 0.4) is 0 Å². The Morgan fingerprint density at radius 3 is 3.22 bits per heavy atom. The number of carbonyl (C=O) groups excluding carboxylic acids is 1. The number of rotatable bonds is 1. The lowest BCUT2D eigenvalue weighted by Gasteiger charge is -2.43. The van der Waals surface area contributed by atoms with Gasteiger partial charge in [0.25, 0.3) is 0 Å². The van der Waals surface area contributed by atoms with Gasteiger partial charge in [0.05, 0.1) is 18.8 Å². The first kappa shape index (κ1) is 11.9. The highest BCUT2D eigenvalue weighted by atomic mass is 32.1. The van der Waals surface area contributed by atoms with Crippen molar-refractivity contribution in [3.8, 4) is 0 Å². The van der Waals surface area contributed by atoms with Gasteiger partial charge in [0, 0.05) is 6.54 Å². The topological polar surface area (TPSA) is 67.4 Å². The number of amides is 2. The van der Waals surface area contributed by atoms with Crippen molar-refractivity contribution in [1.29, 1.82) is 0 Å². The molecule has 0 bridgehead atoms. The van der Waals surface area contributed by atoms with Crippen molar-refractivity contribution in [2.45, 2.75) is 37.8 Å². The lowest BCUT2D eigenvalue weighted by Crippen LogP contribution is -2.55. The molecule has 2 amide bonds. The molecular weight excluding hydrogens is 252 g/mol. The van der Waals surface area contributed by atoms with E-state index < -0.39 is 0 Å². The van der Waals surface area contributed by atoms with Crippen molar-refractivity contribution in [2.24, 2.45) is 0 Å². The average molecular weight is 268 g/mol. The number of ether oxygens (including phenoxy) is 1. The molecule has 0 spiro atoms. The van der Waals surface area contributed by atoms with E-state index in [9.17, 15) is 4.79 Å². The molecule has 2 fully saturated rings. The number of anilines is 1. The van der Waals surface area contributed by atoms with Gasteiger partial charge in [0.15, 0.2) is 0 Å². The molecule has 1 saturated carbocycles. The predicted molar refractivity (Wildman–Crippen MR) is 67.6 cm³/mol. The average Bonchev–Trinajstić information content (AvgIpc) is 2.91. The van der Waals surface area contributed by atoms with Crippen LogP contribution in [0.2, 0.25) is 0 Å². The second-order valence-electron chi connectivity index (χ2n) is 4.63. The Bertz CT molecular complexity index is 409. The van der Waals surface area contributed by atoms with E-state index in [0.29, 0.717) is 18.3 Å². The Balaban J connectivity index is 1.68. The number of nitrogens with zero attached hydrogens (tertiary/aromatic N) is 3. The zero-order valence-corrected chi connectivity index (χ0v) is 10.9. The molecule has 1 aliphatic carbocycles. The molecule has 2 atom stereocenters. The predicted octanol–water partition coefficient (Wildman–Crippen LogP) is 1.71. The molecule has 3 rings (SSSR count).